The smallest absolute Gasteiger partial charge is 0.272 e. The molecule has 9 heavy (non-hydrogen) atoms. The largest absolute Gasteiger partial charge is 0.397 e. The van der Waals surface area contributed by atoms with Crippen molar-refractivity contribution < 1.29 is 25.9 Å². The molecule has 0 aromatic heterocycles. The molecule has 0 unspecified atom stereocenters. The maximum absolute atomic E-state index is 9.37. The maximum Gasteiger partial charge on any atom is 0.397 e. The summed E-state index contributed by atoms with van der Waals surface area (Å²) >= 11 is 0. The second-order valence-electron chi connectivity index (χ2n) is 0.855. The van der Waals surface area contributed by atoms with Crippen LogP contribution in [0.15, 0.2) is 0 Å². The Morgan fingerprint density at radius 1 is 0.778 bits per heavy atom. The number of hydrogen-bond donors (Lipinski definition) is 2. The predicted molar refractivity (Wildman–Crippen MR) is 28.9 cm³/mol. The van der Waals surface area contributed by atoms with Crippen LogP contribution >= 0.6 is 0 Å². The molecule has 0 rings (SSSR count). The minimum Gasteiger partial charge on any atom is -0.272 e. The third kappa shape index (κ3) is 4.25. The van der Waals surface area contributed by atoms with Crippen LogP contribution in [-0.4, -0.2) is 55.5 Å². The van der Waals surface area contributed by atoms with Crippen molar-refractivity contribution in [3.8, 4) is 0 Å². The molecule has 0 spiro atoms. The molecule has 0 aliphatic heterocycles. The molecular weight excluding hydrogens is 183 g/mol. The zero-order valence-corrected chi connectivity index (χ0v) is 7.98. The maximum atomic E-state index is 9.37. The summed E-state index contributed by atoms with van der Waals surface area (Å²) in [6.45, 7) is 0. The summed E-state index contributed by atoms with van der Waals surface area (Å²) < 4.78 is 52.5. The van der Waals surface area contributed by atoms with Crippen LogP contribution in [0, 0.1) is 0 Å². The van der Waals surface area contributed by atoms with E-state index >= 15 is 0 Å². The van der Waals surface area contributed by atoms with E-state index in [0.29, 0.717) is 0 Å². The van der Waals surface area contributed by atoms with Gasteiger partial charge in [0, 0.05) is 29.6 Å². The average molecular weight is 185 g/mol. The van der Waals surface area contributed by atoms with Gasteiger partial charge in [-0.05, 0) is 0 Å². The van der Waals surface area contributed by atoms with Crippen LogP contribution in [0.4, 0.5) is 0 Å². The summed E-state index contributed by atoms with van der Waals surface area (Å²) in [5.41, 5.74) is 0. The summed E-state index contributed by atoms with van der Waals surface area (Å²) in [7, 11) is -10.6. The van der Waals surface area contributed by atoms with E-state index in [1.807, 2.05) is 0 Å². The van der Waals surface area contributed by atoms with Crippen molar-refractivity contribution in [2.75, 3.05) is 0 Å². The van der Waals surface area contributed by atoms with E-state index in [4.69, 9.17) is 9.11 Å². The Morgan fingerprint density at radius 3 is 0.889 bits per heavy atom. The van der Waals surface area contributed by atoms with Crippen LogP contribution in [-0.2, 0) is 18.3 Å². The zero-order valence-electron chi connectivity index (χ0n) is 4.34. The Labute approximate surface area is 73.4 Å². The fourth-order valence-corrected chi connectivity index (χ4v) is 0. The molecule has 0 fully saturated rings. The minimum absolute atomic E-state index is 0. The van der Waals surface area contributed by atoms with E-state index in [1.165, 1.54) is 0 Å². The summed E-state index contributed by atoms with van der Waals surface area (Å²) in [4.78, 5) is 0. The minimum atomic E-state index is -5.31. The van der Waals surface area contributed by atoms with Gasteiger partial charge in [0.25, 0.3) is 0 Å². The third-order valence-corrected chi connectivity index (χ3v) is 2.40. The molecular formula is H2NaO6S2. The van der Waals surface area contributed by atoms with E-state index in [2.05, 4.69) is 0 Å². The summed E-state index contributed by atoms with van der Waals surface area (Å²) in [6.07, 6.45) is 0. The normalized spacial score (nSPS) is 12.2. The SMILES string of the molecule is O=S(=O)(O)S(=O)(=O)O.[Na]. The van der Waals surface area contributed by atoms with Crippen LogP contribution in [0.2, 0.25) is 0 Å². The molecule has 0 amide bonds. The molecule has 9 heteroatoms. The molecule has 0 aliphatic rings. The standard InChI is InChI=1S/Na.H2O6S2/c;1-7(2,3)8(4,5)6/h;(H,1,2,3)(H,4,5,6). The van der Waals surface area contributed by atoms with E-state index in [0.717, 1.165) is 0 Å². The van der Waals surface area contributed by atoms with Gasteiger partial charge in [-0.1, -0.05) is 0 Å². The molecule has 0 aromatic carbocycles. The fraction of sp³-hybridized carbons (Fsp3) is 0. The van der Waals surface area contributed by atoms with Crippen LogP contribution in [0.3, 0.4) is 0 Å². The molecule has 0 aromatic rings. The summed E-state index contributed by atoms with van der Waals surface area (Å²) in [6, 6.07) is 0. The van der Waals surface area contributed by atoms with Crippen molar-refractivity contribution in [1.29, 1.82) is 0 Å². The van der Waals surface area contributed by atoms with Gasteiger partial charge >= 0.3 is 18.3 Å². The molecule has 1 radical (unpaired) electrons. The Kier molecular flexibility index (Phi) is 4.56. The van der Waals surface area contributed by atoms with Crippen LogP contribution in [0.1, 0.15) is 0 Å². The van der Waals surface area contributed by atoms with Gasteiger partial charge in [0.15, 0.2) is 0 Å². The third-order valence-electron chi connectivity index (χ3n) is 0.266. The molecule has 0 saturated heterocycles. The molecule has 0 saturated carbocycles. The molecule has 0 atom stereocenters. The second kappa shape index (κ2) is 3.28. The van der Waals surface area contributed by atoms with Gasteiger partial charge < -0.3 is 0 Å². The van der Waals surface area contributed by atoms with Crippen molar-refractivity contribution in [2.45, 2.75) is 0 Å². The molecule has 0 aliphatic carbocycles. The van der Waals surface area contributed by atoms with E-state index in [1.54, 1.807) is 0 Å². The molecule has 0 heterocycles. The van der Waals surface area contributed by atoms with Gasteiger partial charge in [-0.25, -0.2) is 0 Å². The van der Waals surface area contributed by atoms with E-state index < -0.39 is 18.3 Å². The molecule has 6 nitrogen and oxygen atoms in total. The van der Waals surface area contributed by atoms with E-state index in [-0.39, 0.29) is 29.6 Å². The zero-order chi connectivity index (χ0) is 7.00. The Hall–Kier alpha value is 0.820. The predicted octanol–water partition coefficient (Wildman–Crippen LogP) is -1.70. The first-order chi connectivity index (χ1) is 3.25. The van der Waals surface area contributed by atoms with Crippen LogP contribution < -0.4 is 0 Å². The van der Waals surface area contributed by atoms with Gasteiger partial charge in [0.1, 0.15) is 0 Å². The average Bonchev–Trinajstić information content (AvgIpc) is 1.25. The van der Waals surface area contributed by atoms with Crippen molar-refractivity contribution in [1.82, 2.24) is 0 Å². The topological polar surface area (TPSA) is 109 Å². The van der Waals surface area contributed by atoms with Crippen molar-refractivity contribution in [2.24, 2.45) is 0 Å². The Bertz CT molecular complexity index is 223. The Morgan fingerprint density at radius 2 is 0.889 bits per heavy atom. The quantitative estimate of drug-likeness (QED) is 0.286. The first kappa shape index (κ1) is 12.5. The molecule has 2 N–H and O–H groups in total. The first-order valence-corrected chi connectivity index (χ1v) is 4.60. The van der Waals surface area contributed by atoms with Gasteiger partial charge in [0.05, 0.1) is 0 Å². The fourth-order valence-electron chi connectivity index (χ4n) is 0. The summed E-state index contributed by atoms with van der Waals surface area (Å²) in [5, 5.41) is 0. The van der Waals surface area contributed by atoms with Gasteiger partial charge in [0.2, 0.25) is 0 Å². The van der Waals surface area contributed by atoms with Crippen molar-refractivity contribution in [3.05, 3.63) is 0 Å². The number of rotatable bonds is 1. The summed E-state index contributed by atoms with van der Waals surface area (Å²) in [5.74, 6) is 0. The van der Waals surface area contributed by atoms with Crippen LogP contribution in [0.5, 0.6) is 0 Å². The van der Waals surface area contributed by atoms with Gasteiger partial charge in [-0.15, -0.1) is 0 Å². The van der Waals surface area contributed by atoms with Crippen molar-refractivity contribution >= 4 is 47.9 Å². The monoisotopic (exact) mass is 185 g/mol. The first-order valence-electron chi connectivity index (χ1n) is 1.20. The van der Waals surface area contributed by atoms with Crippen LogP contribution in [0.25, 0.3) is 0 Å². The number of hydrogen-bond acceptors (Lipinski definition) is 4. The Balaban J connectivity index is 0. The van der Waals surface area contributed by atoms with Gasteiger partial charge in [-0.3, -0.25) is 9.11 Å². The molecule has 51 valence electrons. The van der Waals surface area contributed by atoms with E-state index in [9.17, 15) is 16.8 Å². The van der Waals surface area contributed by atoms with Crippen molar-refractivity contribution in [3.63, 3.8) is 0 Å². The molecule has 0 bridgehead atoms. The van der Waals surface area contributed by atoms with Gasteiger partial charge in [-0.2, -0.15) is 16.8 Å². The second-order valence-corrected chi connectivity index (χ2v) is 5.09.